The van der Waals surface area contributed by atoms with Gasteiger partial charge in [-0.3, -0.25) is 4.79 Å². The highest BCUT2D eigenvalue weighted by atomic mass is 16.5. The first-order valence-corrected chi connectivity index (χ1v) is 5.76. The van der Waals surface area contributed by atoms with Gasteiger partial charge in [-0.05, 0) is 26.7 Å². The van der Waals surface area contributed by atoms with Crippen LogP contribution in [0.2, 0.25) is 0 Å². The van der Waals surface area contributed by atoms with E-state index in [1.807, 2.05) is 13.8 Å². The van der Waals surface area contributed by atoms with Crippen LogP contribution in [0.3, 0.4) is 0 Å². The third-order valence-electron chi connectivity index (χ3n) is 2.59. The number of hydrogen-bond acceptors (Lipinski definition) is 4. The Morgan fingerprint density at radius 3 is 2.87 bits per heavy atom. The summed E-state index contributed by atoms with van der Waals surface area (Å²) in [6, 6.07) is 0.408. The maximum absolute atomic E-state index is 11.1. The first-order chi connectivity index (χ1) is 7.26. The lowest BCUT2D eigenvalue weighted by molar-refractivity contribution is -0.143. The molecule has 0 aromatic carbocycles. The molecule has 15 heavy (non-hydrogen) atoms. The zero-order valence-electron chi connectivity index (χ0n) is 9.62. The predicted molar refractivity (Wildman–Crippen MR) is 57.7 cm³/mol. The molecule has 1 fully saturated rings. The van der Waals surface area contributed by atoms with Crippen molar-refractivity contribution >= 4 is 5.97 Å². The minimum absolute atomic E-state index is 0.0980. The van der Waals surface area contributed by atoms with Crippen LogP contribution in [-0.2, 0) is 14.3 Å². The van der Waals surface area contributed by atoms with E-state index < -0.39 is 0 Å². The van der Waals surface area contributed by atoms with Gasteiger partial charge in [0, 0.05) is 25.6 Å². The number of ether oxygens (including phenoxy) is 2. The largest absolute Gasteiger partial charge is 0.466 e. The van der Waals surface area contributed by atoms with Gasteiger partial charge in [0.2, 0.25) is 0 Å². The van der Waals surface area contributed by atoms with E-state index in [9.17, 15) is 4.79 Å². The summed E-state index contributed by atoms with van der Waals surface area (Å²) in [5.41, 5.74) is 0. The van der Waals surface area contributed by atoms with Gasteiger partial charge in [0.25, 0.3) is 0 Å². The molecule has 0 aromatic heterocycles. The molecule has 0 aromatic rings. The molecule has 1 aliphatic heterocycles. The smallest absolute Gasteiger partial charge is 0.305 e. The van der Waals surface area contributed by atoms with E-state index in [1.165, 1.54) is 0 Å². The fourth-order valence-corrected chi connectivity index (χ4v) is 1.89. The zero-order valence-corrected chi connectivity index (χ0v) is 9.62. The van der Waals surface area contributed by atoms with Crippen molar-refractivity contribution in [3.8, 4) is 0 Å². The first-order valence-electron chi connectivity index (χ1n) is 5.76. The Bertz CT molecular complexity index is 196. The second kappa shape index (κ2) is 6.80. The highest BCUT2D eigenvalue weighted by Gasteiger charge is 2.24. The van der Waals surface area contributed by atoms with E-state index in [2.05, 4.69) is 5.32 Å². The third kappa shape index (κ3) is 4.62. The predicted octanol–water partition coefficient (Wildman–Crippen LogP) is 1.10. The molecule has 4 nitrogen and oxygen atoms in total. The van der Waals surface area contributed by atoms with Crippen molar-refractivity contribution in [2.24, 2.45) is 0 Å². The number of carbonyl (C=O) groups is 1. The molecule has 88 valence electrons. The van der Waals surface area contributed by atoms with Crippen LogP contribution in [-0.4, -0.2) is 37.9 Å². The molecule has 0 amide bonds. The molecule has 4 heteroatoms. The van der Waals surface area contributed by atoms with Gasteiger partial charge in [-0.1, -0.05) is 0 Å². The normalized spacial score (nSPS) is 25.5. The monoisotopic (exact) mass is 215 g/mol. The Kier molecular flexibility index (Phi) is 5.65. The van der Waals surface area contributed by atoms with Crippen LogP contribution in [0.15, 0.2) is 0 Å². The van der Waals surface area contributed by atoms with E-state index >= 15 is 0 Å². The van der Waals surface area contributed by atoms with Gasteiger partial charge in [-0.2, -0.15) is 0 Å². The van der Waals surface area contributed by atoms with Crippen LogP contribution < -0.4 is 5.32 Å². The molecule has 0 bridgehead atoms. The topological polar surface area (TPSA) is 47.6 Å². The summed E-state index contributed by atoms with van der Waals surface area (Å²) in [6.45, 7) is 5.97. The number of hydrogen-bond donors (Lipinski definition) is 1. The van der Waals surface area contributed by atoms with E-state index in [-0.39, 0.29) is 5.97 Å². The Morgan fingerprint density at radius 2 is 2.20 bits per heavy atom. The van der Waals surface area contributed by atoms with Crippen molar-refractivity contribution in [3.05, 3.63) is 0 Å². The molecule has 0 unspecified atom stereocenters. The van der Waals surface area contributed by atoms with Gasteiger partial charge < -0.3 is 14.8 Å². The number of carbonyl (C=O) groups excluding carboxylic acids is 1. The second-order valence-corrected chi connectivity index (χ2v) is 3.76. The molecule has 0 aliphatic carbocycles. The van der Waals surface area contributed by atoms with Gasteiger partial charge >= 0.3 is 5.97 Å². The number of esters is 1. The lowest BCUT2D eigenvalue weighted by Gasteiger charge is -2.10. The van der Waals surface area contributed by atoms with Crippen molar-refractivity contribution in [1.29, 1.82) is 0 Å². The first kappa shape index (κ1) is 12.5. The van der Waals surface area contributed by atoms with E-state index in [1.54, 1.807) is 0 Å². The maximum atomic E-state index is 11.1. The molecule has 1 heterocycles. The van der Waals surface area contributed by atoms with Crippen molar-refractivity contribution in [1.82, 2.24) is 5.32 Å². The van der Waals surface area contributed by atoms with Crippen LogP contribution in [0, 0.1) is 0 Å². The summed E-state index contributed by atoms with van der Waals surface area (Å²) in [4.78, 5) is 11.1. The molecule has 1 saturated heterocycles. The number of nitrogens with one attached hydrogen (secondary N) is 1. The lowest BCUT2D eigenvalue weighted by Crippen LogP contribution is -2.22. The minimum Gasteiger partial charge on any atom is -0.466 e. The molecule has 1 N–H and O–H groups in total. The highest BCUT2D eigenvalue weighted by molar-refractivity contribution is 5.69. The summed E-state index contributed by atoms with van der Waals surface area (Å²) in [5, 5.41) is 3.36. The SMILES string of the molecule is CCOC(=O)CC[C@@H]1C[C@@H](OCC)CN1. The van der Waals surface area contributed by atoms with Gasteiger partial charge in [0.05, 0.1) is 12.7 Å². The fourth-order valence-electron chi connectivity index (χ4n) is 1.89. The van der Waals surface area contributed by atoms with E-state index in [0.717, 1.165) is 26.0 Å². The average Bonchev–Trinajstić information content (AvgIpc) is 2.64. The summed E-state index contributed by atoms with van der Waals surface area (Å²) >= 11 is 0. The second-order valence-electron chi connectivity index (χ2n) is 3.76. The molecule has 0 saturated carbocycles. The molecule has 0 spiro atoms. The quantitative estimate of drug-likeness (QED) is 0.674. The Balaban J connectivity index is 2.10. The standard InChI is InChI=1S/C11H21NO3/c1-3-14-10-7-9(12-8-10)5-6-11(13)15-4-2/h9-10,12H,3-8H2,1-2H3/t9-,10-/m1/s1. The van der Waals surface area contributed by atoms with E-state index in [4.69, 9.17) is 9.47 Å². The van der Waals surface area contributed by atoms with Crippen LogP contribution in [0.1, 0.15) is 33.1 Å². The molecular weight excluding hydrogens is 194 g/mol. The summed E-state index contributed by atoms with van der Waals surface area (Å²) in [5.74, 6) is -0.0980. The average molecular weight is 215 g/mol. The summed E-state index contributed by atoms with van der Waals surface area (Å²) in [6.07, 6.45) is 2.68. The Hall–Kier alpha value is -0.610. The lowest BCUT2D eigenvalue weighted by atomic mass is 10.1. The van der Waals surface area contributed by atoms with Crippen LogP contribution in [0.25, 0.3) is 0 Å². The molecule has 1 aliphatic rings. The number of rotatable bonds is 6. The van der Waals surface area contributed by atoms with Gasteiger partial charge in [-0.25, -0.2) is 0 Å². The van der Waals surface area contributed by atoms with Crippen molar-refractivity contribution < 1.29 is 14.3 Å². The highest BCUT2D eigenvalue weighted by Crippen LogP contribution is 2.14. The van der Waals surface area contributed by atoms with Gasteiger partial charge in [0.15, 0.2) is 0 Å². The Labute approximate surface area is 91.3 Å². The summed E-state index contributed by atoms with van der Waals surface area (Å²) in [7, 11) is 0. The summed E-state index contributed by atoms with van der Waals surface area (Å²) < 4.78 is 10.4. The minimum atomic E-state index is -0.0980. The van der Waals surface area contributed by atoms with Crippen LogP contribution in [0.5, 0.6) is 0 Å². The molecule has 0 radical (unpaired) electrons. The molecule has 2 atom stereocenters. The molecular formula is C11H21NO3. The van der Waals surface area contributed by atoms with Crippen LogP contribution >= 0.6 is 0 Å². The van der Waals surface area contributed by atoms with Crippen molar-refractivity contribution in [3.63, 3.8) is 0 Å². The van der Waals surface area contributed by atoms with Crippen LogP contribution in [0.4, 0.5) is 0 Å². The van der Waals surface area contributed by atoms with Crippen molar-refractivity contribution in [2.45, 2.75) is 45.3 Å². The van der Waals surface area contributed by atoms with Gasteiger partial charge in [0.1, 0.15) is 0 Å². The maximum Gasteiger partial charge on any atom is 0.305 e. The zero-order chi connectivity index (χ0) is 11.1. The Morgan fingerprint density at radius 1 is 1.40 bits per heavy atom. The fraction of sp³-hybridized carbons (Fsp3) is 0.909. The van der Waals surface area contributed by atoms with Crippen molar-refractivity contribution in [2.75, 3.05) is 19.8 Å². The third-order valence-corrected chi connectivity index (χ3v) is 2.59. The van der Waals surface area contributed by atoms with Gasteiger partial charge in [-0.15, -0.1) is 0 Å². The van der Waals surface area contributed by atoms with E-state index in [0.29, 0.717) is 25.2 Å². The molecule has 1 rings (SSSR count).